The summed E-state index contributed by atoms with van der Waals surface area (Å²) in [4.78, 5) is 0. The van der Waals surface area contributed by atoms with Gasteiger partial charge in [0, 0.05) is 6.92 Å². The molecule has 2 aliphatic heterocycles. The van der Waals surface area contributed by atoms with Crippen LogP contribution in [0.2, 0.25) is 0 Å². The van der Waals surface area contributed by atoms with Gasteiger partial charge in [0.25, 0.3) is 0 Å². The van der Waals surface area contributed by atoms with Gasteiger partial charge in [0.1, 0.15) is 11.9 Å². The minimum atomic E-state index is -1.99. The molecule has 24 heavy (non-hydrogen) atoms. The van der Waals surface area contributed by atoms with E-state index in [0.29, 0.717) is 5.56 Å². The minimum Gasteiger partial charge on any atom is -0.448 e. The molecule has 2 fully saturated rings. The van der Waals surface area contributed by atoms with Crippen LogP contribution in [0.15, 0.2) is 24.3 Å². The Labute approximate surface area is 138 Å². The third-order valence-electron chi connectivity index (χ3n) is 5.17. The molecule has 4 atom stereocenters. The lowest BCUT2D eigenvalue weighted by molar-refractivity contribution is -0.268. The number of hydrogen-bond donors (Lipinski definition) is 1. The fourth-order valence-electron chi connectivity index (χ4n) is 3.65. The molecule has 1 N–H and O–H groups in total. The van der Waals surface area contributed by atoms with Crippen LogP contribution in [0.25, 0.3) is 0 Å². The van der Waals surface area contributed by atoms with E-state index in [2.05, 4.69) is 0 Å². The molecule has 0 amide bonds. The van der Waals surface area contributed by atoms with Gasteiger partial charge in [0.2, 0.25) is 17.1 Å². The Morgan fingerprint density at radius 3 is 2.21 bits per heavy atom. The zero-order valence-corrected chi connectivity index (χ0v) is 13.0. The molecule has 1 aromatic rings. The van der Waals surface area contributed by atoms with Gasteiger partial charge >= 0.3 is 0 Å². The second-order valence-corrected chi connectivity index (χ2v) is 6.17. The van der Waals surface area contributed by atoms with Crippen LogP contribution in [0, 0.1) is 62.0 Å². The molecule has 2 aliphatic rings. The zero-order valence-electron chi connectivity index (χ0n) is 13.0. The van der Waals surface area contributed by atoms with Gasteiger partial charge in [-0.2, -0.15) is 15.8 Å². The normalized spacial score (nSPS) is 36.1. The Kier molecular flexibility index (Phi) is 3.17. The average molecular weight is 324 g/mol. The van der Waals surface area contributed by atoms with E-state index in [4.69, 9.17) is 14.9 Å². The van der Waals surface area contributed by atoms with Gasteiger partial charge in [0.05, 0.1) is 24.1 Å². The van der Waals surface area contributed by atoms with E-state index in [9.17, 15) is 20.2 Å². The summed E-state index contributed by atoms with van der Waals surface area (Å²) in [5.74, 6) is -2.97. The van der Waals surface area contributed by atoms with Crippen LogP contribution in [0.4, 0.5) is 4.39 Å². The largest absolute Gasteiger partial charge is 0.448 e. The quantitative estimate of drug-likeness (QED) is 0.853. The number of fused-ring (bicyclic) bond motifs is 2. The van der Waals surface area contributed by atoms with Crippen molar-refractivity contribution in [3.8, 4) is 18.2 Å². The molecule has 2 saturated heterocycles. The van der Waals surface area contributed by atoms with Crippen LogP contribution in [-0.4, -0.2) is 11.7 Å². The number of rotatable bonds is 1. The van der Waals surface area contributed by atoms with E-state index in [1.807, 2.05) is 18.2 Å². The first-order valence-corrected chi connectivity index (χ1v) is 7.26. The van der Waals surface area contributed by atoms with Gasteiger partial charge < -0.3 is 9.47 Å². The monoisotopic (exact) mass is 324 g/mol. The zero-order chi connectivity index (χ0) is 17.8. The van der Waals surface area contributed by atoms with Crippen molar-refractivity contribution in [1.82, 2.24) is 0 Å². The highest BCUT2D eigenvalue weighted by atomic mass is 19.1. The van der Waals surface area contributed by atoms with Gasteiger partial charge in [-0.05, 0) is 17.7 Å². The van der Waals surface area contributed by atoms with Crippen LogP contribution in [0.3, 0.4) is 0 Å². The van der Waals surface area contributed by atoms with Crippen LogP contribution in [0.5, 0.6) is 0 Å². The third kappa shape index (κ3) is 1.56. The fourth-order valence-corrected chi connectivity index (χ4v) is 3.65. The molecule has 6 nitrogen and oxygen atoms in total. The van der Waals surface area contributed by atoms with Gasteiger partial charge in [-0.25, -0.2) is 4.39 Å². The van der Waals surface area contributed by atoms with Crippen molar-refractivity contribution in [2.24, 2.45) is 16.7 Å². The summed E-state index contributed by atoms with van der Waals surface area (Å²) in [7, 11) is 0. The molecule has 3 rings (SSSR count). The Morgan fingerprint density at radius 2 is 1.71 bits per heavy atom. The summed E-state index contributed by atoms with van der Waals surface area (Å²) < 4.78 is 24.6. The molecule has 120 valence electrons. The Hall–Kier alpha value is -2.95. The molecule has 1 aromatic carbocycles. The molecule has 4 unspecified atom stereocenters. The predicted molar refractivity (Wildman–Crippen MR) is 78.3 cm³/mol. The van der Waals surface area contributed by atoms with Crippen molar-refractivity contribution < 1.29 is 13.9 Å². The van der Waals surface area contributed by atoms with Crippen LogP contribution >= 0.6 is 0 Å². The molecule has 0 radical (unpaired) electrons. The SMILES string of the molecule is CC1C2(C)OC(=N)C1(C#N)C(C#N)(C#N)C(c1ccc(F)cc1)O2. The maximum atomic E-state index is 13.2. The lowest BCUT2D eigenvalue weighted by Crippen LogP contribution is -2.57. The molecule has 2 heterocycles. The van der Waals surface area contributed by atoms with Crippen molar-refractivity contribution in [2.45, 2.75) is 25.7 Å². The van der Waals surface area contributed by atoms with E-state index in [1.165, 1.54) is 24.3 Å². The molecule has 0 aromatic heterocycles. The van der Waals surface area contributed by atoms with Gasteiger partial charge in [-0.3, -0.25) is 5.41 Å². The summed E-state index contributed by atoms with van der Waals surface area (Å²) in [5.41, 5.74) is -3.40. The number of nitriles is 3. The van der Waals surface area contributed by atoms with Gasteiger partial charge in [0.15, 0.2) is 5.41 Å². The van der Waals surface area contributed by atoms with E-state index in [-0.39, 0.29) is 0 Å². The first kappa shape index (κ1) is 15.9. The van der Waals surface area contributed by atoms with E-state index < -0.39 is 40.4 Å². The molecule has 2 bridgehead atoms. The topological polar surface area (TPSA) is 114 Å². The van der Waals surface area contributed by atoms with Crippen molar-refractivity contribution in [1.29, 1.82) is 21.2 Å². The van der Waals surface area contributed by atoms with Crippen LogP contribution < -0.4 is 0 Å². The second-order valence-electron chi connectivity index (χ2n) is 6.17. The Balaban J connectivity index is 2.31. The first-order chi connectivity index (χ1) is 11.3. The first-order valence-electron chi connectivity index (χ1n) is 7.26. The van der Waals surface area contributed by atoms with Gasteiger partial charge in [-0.1, -0.05) is 19.1 Å². The summed E-state index contributed by atoms with van der Waals surface area (Å²) in [6.07, 6.45) is -1.16. The number of nitrogens with one attached hydrogen (secondary N) is 1. The lowest BCUT2D eigenvalue weighted by Gasteiger charge is -2.47. The van der Waals surface area contributed by atoms with Gasteiger partial charge in [-0.15, -0.1) is 0 Å². The molecule has 0 aliphatic carbocycles. The second kappa shape index (κ2) is 4.77. The van der Waals surface area contributed by atoms with Crippen molar-refractivity contribution in [2.75, 3.05) is 0 Å². The van der Waals surface area contributed by atoms with Crippen LogP contribution in [0.1, 0.15) is 25.5 Å². The Bertz CT molecular complexity index is 833. The highest BCUT2D eigenvalue weighted by Crippen LogP contribution is 2.66. The Morgan fingerprint density at radius 1 is 1.12 bits per heavy atom. The lowest BCUT2D eigenvalue weighted by atomic mass is 9.54. The molecular formula is C17H13FN4O2. The number of nitrogens with zero attached hydrogens (tertiary/aromatic N) is 3. The maximum absolute atomic E-state index is 13.2. The molecule has 0 saturated carbocycles. The summed E-state index contributed by atoms with van der Waals surface area (Å²) in [6.45, 7) is 3.19. The smallest absolute Gasteiger partial charge is 0.214 e. The van der Waals surface area contributed by atoms with E-state index >= 15 is 0 Å². The summed E-state index contributed by atoms with van der Waals surface area (Å²) in [5, 5.41) is 37.7. The molecule has 0 spiro atoms. The highest BCUT2D eigenvalue weighted by Gasteiger charge is 2.78. The standard InChI is InChI=1S/C17H13FN4O2/c1-10-15(2)23-13(11-3-5-12(18)6-4-11)16(7-19,8-20)17(10,9-21)14(22)24-15/h3-6,10,13,22H,1-2H3. The molecule has 7 heteroatoms. The third-order valence-corrected chi connectivity index (χ3v) is 5.17. The van der Waals surface area contributed by atoms with Crippen molar-refractivity contribution >= 4 is 5.90 Å². The van der Waals surface area contributed by atoms with Crippen molar-refractivity contribution in [3.05, 3.63) is 35.6 Å². The maximum Gasteiger partial charge on any atom is 0.214 e. The number of halogens is 1. The molecular weight excluding hydrogens is 311 g/mol. The number of hydrogen-bond acceptors (Lipinski definition) is 6. The fraction of sp³-hybridized carbons (Fsp3) is 0.412. The number of ether oxygens (including phenoxy) is 2. The van der Waals surface area contributed by atoms with Crippen LogP contribution in [-0.2, 0) is 9.47 Å². The number of benzene rings is 1. The van der Waals surface area contributed by atoms with E-state index in [1.54, 1.807) is 13.8 Å². The minimum absolute atomic E-state index is 0.371. The average Bonchev–Trinajstić information content (AvgIpc) is 2.71. The highest BCUT2D eigenvalue weighted by molar-refractivity contribution is 5.89. The van der Waals surface area contributed by atoms with E-state index in [0.717, 1.165) is 0 Å². The predicted octanol–water partition coefficient (Wildman–Crippen LogP) is 2.80. The summed E-state index contributed by atoms with van der Waals surface area (Å²) >= 11 is 0. The van der Waals surface area contributed by atoms with Crippen molar-refractivity contribution in [3.63, 3.8) is 0 Å². The summed E-state index contributed by atoms with van der Waals surface area (Å²) in [6, 6.07) is 11.0.